The van der Waals surface area contributed by atoms with Gasteiger partial charge in [-0.25, -0.2) is 0 Å². The van der Waals surface area contributed by atoms with Crippen molar-refractivity contribution in [1.82, 2.24) is 15.1 Å². The molecule has 0 radical (unpaired) electrons. The zero-order chi connectivity index (χ0) is 10.4. The Labute approximate surface area is 88.5 Å². The third kappa shape index (κ3) is 4.40. The number of hydrogen-bond acceptors (Lipinski definition) is 3. The number of nitrogens with one attached hydrogen (secondary N) is 1. The Morgan fingerprint density at radius 2 is 2.00 bits per heavy atom. The van der Waals surface area contributed by atoms with Crippen LogP contribution in [0.4, 0.5) is 0 Å². The van der Waals surface area contributed by atoms with E-state index in [4.69, 9.17) is 0 Å². The molecule has 1 aliphatic rings. The molecule has 0 aromatic heterocycles. The Kier molecular flexibility index (Phi) is 5.45. The summed E-state index contributed by atoms with van der Waals surface area (Å²) >= 11 is 0. The van der Waals surface area contributed by atoms with Crippen molar-refractivity contribution in [3.63, 3.8) is 0 Å². The smallest absolute Gasteiger partial charge is 0.0218 e. The average molecular weight is 199 g/mol. The molecular weight excluding hydrogens is 174 g/mol. The normalized spacial score (nSPS) is 23.4. The molecule has 0 bridgehead atoms. The fraction of sp³-hybridized carbons (Fsp3) is 1.00. The van der Waals surface area contributed by atoms with Crippen LogP contribution in [0.5, 0.6) is 0 Å². The third-order valence-electron chi connectivity index (χ3n) is 3.01. The second-order valence-electron chi connectivity index (χ2n) is 4.64. The Morgan fingerprint density at radius 1 is 1.21 bits per heavy atom. The lowest BCUT2D eigenvalue weighted by molar-refractivity contribution is 0.195. The molecule has 0 unspecified atom stereocenters. The van der Waals surface area contributed by atoms with E-state index >= 15 is 0 Å². The molecule has 84 valence electrons. The maximum Gasteiger partial charge on any atom is 0.0218 e. The van der Waals surface area contributed by atoms with Gasteiger partial charge in [0.15, 0.2) is 0 Å². The predicted octanol–water partition coefficient (Wildman–Crippen LogP) is 0.622. The quantitative estimate of drug-likeness (QED) is 0.700. The first-order valence-electron chi connectivity index (χ1n) is 5.76. The van der Waals surface area contributed by atoms with E-state index in [9.17, 15) is 0 Å². The second-order valence-corrected chi connectivity index (χ2v) is 4.64. The highest BCUT2D eigenvalue weighted by Gasteiger charge is 2.16. The lowest BCUT2D eigenvalue weighted by atomic mass is 10.1. The number of nitrogens with zero attached hydrogens (tertiary/aromatic N) is 2. The van der Waals surface area contributed by atoms with Gasteiger partial charge in [0.25, 0.3) is 0 Å². The van der Waals surface area contributed by atoms with E-state index in [1.54, 1.807) is 0 Å². The summed E-state index contributed by atoms with van der Waals surface area (Å²) in [4.78, 5) is 4.77. The summed E-state index contributed by atoms with van der Waals surface area (Å²) in [6.07, 6.45) is 3.98. The molecule has 1 aliphatic heterocycles. The van der Waals surface area contributed by atoms with Crippen molar-refractivity contribution in [1.29, 1.82) is 0 Å². The minimum atomic E-state index is 0.769. The zero-order valence-corrected chi connectivity index (χ0v) is 9.92. The van der Waals surface area contributed by atoms with Crippen LogP contribution >= 0.6 is 0 Å². The molecule has 1 rings (SSSR count). The van der Waals surface area contributed by atoms with Gasteiger partial charge >= 0.3 is 0 Å². The minimum absolute atomic E-state index is 0.769. The molecule has 0 aliphatic carbocycles. The monoisotopic (exact) mass is 199 g/mol. The van der Waals surface area contributed by atoms with E-state index in [1.807, 2.05) is 0 Å². The molecule has 14 heavy (non-hydrogen) atoms. The highest BCUT2D eigenvalue weighted by atomic mass is 15.2. The Balaban J connectivity index is 2.10. The summed E-state index contributed by atoms with van der Waals surface area (Å²) in [5, 5.41) is 3.46. The molecule has 0 amide bonds. The maximum atomic E-state index is 3.46. The second kappa shape index (κ2) is 6.38. The summed E-state index contributed by atoms with van der Waals surface area (Å²) in [6.45, 7) is 4.81. The molecule has 3 nitrogen and oxygen atoms in total. The van der Waals surface area contributed by atoms with E-state index in [2.05, 4.69) is 36.3 Å². The van der Waals surface area contributed by atoms with Gasteiger partial charge in [-0.15, -0.1) is 0 Å². The van der Waals surface area contributed by atoms with Crippen LogP contribution in [0.2, 0.25) is 0 Å². The fourth-order valence-corrected chi connectivity index (χ4v) is 2.03. The summed E-state index contributed by atoms with van der Waals surface area (Å²) in [7, 11) is 6.54. The van der Waals surface area contributed by atoms with Crippen LogP contribution in [0.15, 0.2) is 0 Å². The molecule has 1 heterocycles. The molecule has 1 N–H and O–H groups in total. The van der Waals surface area contributed by atoms with Gasteiger partial charge in [-0.2, -0.15) is 0 Å². The van der Waals surface area contributed by atoms with Gasteiger partial charge in [-0.3, -0.25) is 0 Å². The lowest BCUT2D eigenvalue weighted by Gasteiger charge is -2.31. The lowest BCUT2D eigenvalue weighted by Crippen LogP contribution is -2.44. The number of likely N-dealkylation sites (N-methyl/N-ethyl adjacent to an activating group) is 1. The summed E-state index contributed by atoms with van der Waals surface area (Å²) < 4.78 is 0. The first kappa shape index (κ1) is 12.0. The van der Waals surface area contributed by atoms with Gasteiger partial charge in [0.1, 0.15) is 0 Å². The first-order chi connectivity index (χ1) is 6.70. The zero-order valence-electron chi connectivity index (χ0n) is 9.92. The highest BCUT2D eigenvalue weighted by molar-refractivity contribution is 4.76. The predicted molar refractivity (Wildman–Crippen MR) is 61.7 cm³/mol. The van der Waals surface area contributed by atoms with Crippen molar-refractivity contribution < 1.29 is 0 Å². The maximum absolute atomic E-state index is 3.46. The van der Waals surface area contributed by atoms with Crippen LogP contribution in [0.1, 0.15) is 19.3 Å². The van der Waals surface area contributed by atoms with Gasteiger partial charge in [0.2, 0.25) is 0 Å². The highest BCUT2D eigenvalue weighted by Crippen LogP contribution is 2.08. The average Bonchev–Trinajstić information content (AvgIpc) is 2.18. The Morgan fingerprint density at radius 3 is 2.57 bits per heavy atom. The van der Waals surface area contributed by atoms with Crippen molar-refractivity contribution in [3.8, 4) is 0 Å². The summed E-state index contributed by atoms with van der Waals surface area (Å²) in [5.74, 6) is 0. The van der Waals surface area contributed by atoms with Gasteiger partial charge < -0.3 is 15.1 Å². The molecule has 0 saturated carbocycles. The van der Waals surface area contributed by atoms with E-state index in [0.29, 0.717) is 0 Å². The third-order valence-corrected chi connectivity index (χ3v) is 3.01. The molecule has 0 aromatic carbocycles. The van der Waals surface area contributed by atoms with E-state index in [1.165, 1.54) is 45.4 Å². The number of piperidine rings is 1. The van der Waals surface area contributed by atoms with Crippen molar-refractivity contribution in [2.45, 2.75) is 25.3 Å². The first-order valence-corrected chi connectivity index (χ1v) is 5.76. The molecule has 1 atom stereocenters. The summed E-state index contributed by atoms with van der Waals surface area (Å²) in [6, 6.07) is 0.769. The molecule has 1 saturated heterocycles. The summed E-state index contributed by atoms with van der Waals surface area (Å²) in [5.41, 5.74) is 0. The van der Waals surface area contributed by atoms with E-state index < -0.39 is 0 Å². The molecule has 3 heteroatoms. The van der Waals surface area contributed by atoms with Crippen molar-refractivity contribution in [3.05, 3.63) is 0 Å². The van der Waals surface area contributed by atoms with Crippen molar-refractivity contribution in [2.75, 3.05) is 47.3 Å². The van der Waals surface area contributed by atoms with Crippen molar-refractivity contribution in [2.24, 2.45) is 0 Å². The standard InChI is InChI=1S/C11H25N3/c1-13(2)8-5-9-14(3)11-6-4-7-12-10-11/h11-12H,4-10H2,1-3H3/t11-/m1/s1. The number of rotatable bonds is 5. The Hall–Kier alpha value is -0.120. The van der Waals surface area contributed by atoms with Crippen LogP contribution in [0.25, 0.3) is 0 Å². The molecular formula is C11H25N3. The van der Waals surface area contributed by atoms with Crippen LogP contribution < -0.4 is 5.32 Å². The topological polar surface area (TPSA) is 18.5 Å². The largest absolute Gasteiger partial charge is 0.315 e. The fourth-order valence-electron chi connectivity index (χ4n) is 2.03. The van der Waals surface area contributed by atoms with Crippen LogP contribution in [0.3, 0.4) is 0 Å². The number of hydrogen-bond donors (Lipinski definition) is 1. The Bertz CT molecular complexity index is 141. The van der Waals surface area contributed by atoms with Crippen LogP contribution in [0, 0.1) is 0 Å². The SMILES string of the molecule is CN(C)CCCN(C)[C@@H]1CCCNC1. The molecule has 1 fully saturated rings. The molecule has 0 aromatic rings. The minimum Gasteiger partial charge on any atom is -0.315 e. The molecule has 0 spiro atoms. The van der Waals surface area contributed by atoms with Crippen LogP contribution in [-0.4, -0.2) is 63.2 Å². The van der Waals surface area contributed by atoms with E-state index in [-0.39, 0.29) is 0 Å². The van der Waals surface area contributed by atoms with Gasteiger partial charge in [0, 0.05) is 12.6 Å². The van der Waals surface area contributed by atoms with E-state index in [0.717, 1.165) is 6.04 Å². The van der Waals surface area contributed by atoms with Gasteiger partial charge in [-0.05, 0) is 60.0 Å². The van der Waals surface area contributed by atoms with Gasteiger partial charge in [0.05, 0.1) is 0 Å². The van der Waals surface area contributed by atoms with Crippen LogP contribution in [-0.2, 0) is 0 Å². The van der Waals surface area contributed by atoms with Crippen molar-refractivity contribution >= 4 is 0 Å². The van der Waals surface area contributed by atoms with Gasteiger partial charge in [-0.1, -0.05) is 0 Å².